The lowest BCUT2D eigenvalue weighted by atomic mass is 10.1. The Labute approximate surface area is 194 Å². The summed E-state index contributed by atoms with van der Waals surface area (Å²) in [5, 5.41) is 9.63. The van der Waals surface area contributed by atoms with Gasteiger partial charge in [-0.1, -0.05) is 12.1 Å². The van der Waals surface area contributed by atoms with Crippen LogP contribution in [0.25, 0.3) is 5.65 Å². The minimum Gasteiger partial charge on any atom is -0.497 e. The largest absolute Gasteiger partial charge is 0.497 e. The Morgan fingerprint density at radius 3 is 2.65 bits per heavy atom. The molecule has 2 N–H and O–H groups in total. The van der Waals surface area contributed by atoms with Crippen LogP contribution in [-0.4, -0.2) is 39.0 Å². The lowest BCUT2D eigenvalue weighted by Crippen LogP contribution is -2.29. The fraction of sp³-hybridized carbons (Fsp3) is 0.208. The highest BCUT2D eigenvalue weighted by atomic mass is 16.5. The molecule has 176 valence electrons. The fourth-order valence-electron chi connectivity index (χ4n) is 3.37. The van der Waals surface area contributed by atoms with Crippen LogP contribution >= 0.6 is 0 Å². The van der Waals surface area contributed by atoms with E-state index in [1.165, 1.54) is 0 Å². The number of nitrogens with zero attached hydrogens (tertiary/aromatic N) is 3. The average Bonchev–Trinajstić information content (AvgIpc) is 3.25. The number of aryl methyl sites for hydroxylation is 3. The summed E-state index contributed by atoms with van der Waals surface area (Å²) in [6, 6.07) is 9.48. The number of methoxy groups -OCH3 is 1. The lowest BCUT2D eigenvalue weighted by Gasteiger charge is -2.08. The third kappa shape index (κ3) is 6.06. The molecule has 0 fully saturated rings. The predicted octanol–water partition coefficient (Wildman–Crippen LogP) is 2.42. The third-order valence-electron chi connectivity index (χ3n) is 4.99. The molecule has 0 unspecified atom stereocenters. The Bertz CT molecular complexity index is 1290. The zero-order valence-electron chi connectivity index (χ0n) is 18.7. The minimum absolute atomic E-state index is 0.0126. The second kappa shape index (κ2) is 11.4. The molecule has 1 amide bonds. The number of aromatic nitrogens is 3. The molecule has 10 heteroatoms. The van der Waals surface area contributed by atoms with Crippen LogP contribution in [0.2, 0.25) is 0 Å². The van der Waals surface area contributed by atoms with Gasteiger partial charge in [0.25, 0.3) is 12.4 Å². The van der Waals surface area contributed by atoms with Crippen molar-refractivity contribution in [2.45, 2.75) is 26.3 Å². The summed E-state index contributed by atoms with van der Waals surface area (Å²) in [6.07, 6.45) is 8.13. The van der Waals surface area contributed by atoms with Gasteiger partial charge in [0.15, 0.2) is 5.65 Å². The highest BCUT2D eigenvalue weighted by Gasteiger charge is 2.17. The van der Waals surface area contributed by atoms with Crippen LogP contribution in [-0.2, 0) is 24.2 Å². The van der Waals surface area contributed by atoms with Crippen LogP contribution in [0.4, 0.5) is 0 Å². The molecule has 0 aliphatic rings. The molecular weight excluding hydrogens is 440 g/mol. The molecule has 10 nitrogen and oxygen atoms in total. The number of imidazole rings is 1. The summed E-state index contributed by atoms with van der Waals surface area (Å²) in [4.78, 5) is 41.8. The number of hydrogen-bond donors (Lipinski definition) is 2. The van der Waals surface area contributed by atoms with Crippen molar-refractivity contribution < 1.29 is 23.8 Å². The summed E-state index contributed by atoms with van der Waals surface area (Å²) >= 11 is 0. The first-order valence-corrected chi connectivity index (χ1v) is 10.4. The topological polar surface area (TPSA) is 136 Å². The van der Waals surface area contributed by atoms with Gasteiger partial charge >= 0.3 is 5.63 Å². The lowest BCUT2D eigenvalue weighted by molar-refractivity contribution is -0.122. The quantitative estimate of drug-likeness (QED) is 0.398. The zero-order chi connectivity index (χ0) is 24.5. The molecule has 0 saturated heterocycles. The van der Waals surface area contributed by atoms with Gasteiger partial charge in [0.1, 0.15) is 17.1 Å². The zero-order valence-corrected chi connectivity index (χ0v) is 18.7. The van der Waals surface area contributed by atoms with Gasteiger partial charge in [0.05, 0.1) is 25.5 Å². The van der Waals surface area contributed by atoms with Crippen molar-refractivity contribution in [3.05, 3.63) is 93.7 Å². The number of benzene rings is 1. The number of fused-ring (bicyclic) bond motifs is 1. The van der Waals surface area contributed by atoms with Crippen molar-refractivity contribution in [1.82, 2.24) is 19.7 Å². The fourth-order valence-corrected chi connectivity index (χ4v) is 3.37. The van der Waals surface area contributed by atoms with Crippen molar-refractivity contribution in [2.24, 2.45) is 0 Å². The first-order valence-electron chi connectivity index (χ1n) is 10.4. The second-order valence-electron chi connectivity index (χ2n) is 7.27. The molecule has 1 aromatic carbocycles. The van der Waals surface area contributed by atoms with Gasteiger partial charge in [0.2, 0.25) is 0 Å². The van der Waals surface area contributed by atoms with Crippen LogP contribution in [0, 0.1) is 6.92 Å². The van der Waals surface area contributed by atoms with E-state index in [1.807, 2.05) is 28.7 Å². The molecule has 0 aliphatic heterocycles. The summed E-state index contributed by atoms with van der Waals surface area (Å²) < 4.78 is 12.4. The van der Waals surface area contributed by atoms with Gasteiger partial charge in [-0.15, -0.1) is 0 Å². The Balaban J connectivity index is 0.00000103. The summed E-state index contributed by atoms with van der Waals surface area (Å²) in [6.45, 7) is 1.68. The summed E-state index contributed by atoms with van der Waals surface area (Å²) in [5.74, 6) is 0.854. The minimum atomic E-state index is -0.638. The van der Waals surface area contributed by atoms with Crippen LogP contribution in [0.3, 0.4) is 0 Å². The highest BCUT2D eigenvalue weighted by molar-refractivity contribution is 5.95. The molecular formula is C24H24N4O6. The van der Waals surface area contributed by atoms with E-state index in [4.69, 9.17) is 19.1 Å². The van der Waals surface area contributed by atoms with Gasteiger partial charge in [-0.2, -0.15) is 0 Å². The van der Waals surface area contributed by atoms with E-state index < -0.39 is 11.5 Å². The molecule has 3 heterocycles. The third-order valence-corrected chi connectivity index (χ3v) is 4.99. The van der Waals surface area contributed by atoms with E-state index in [2.05, 4.69) is 15.3 Å². The number of nitrogens with one attached hydrogen (secondary N) is 1. The smallest absolute Gasteiger partial charge is 0.349 e. The number of carbonyl (C=O) groups is 2. The maximum Gasteiger partial charge on any atom is 0.349 e. The molecule has 0 saturated carbocycles. The van der Waals surface area contributed by atoms with Crippen LogP contribution in [0.5, 0.6) is 5.75 Å². The van der Waals surface area contributed by atoms with Crippen molar-refractivity contribution in [3.8, 4) is 5.75 Å². The van der Waals surface area contributed by atoms with Crippen molar-refractivity contribution in [2.75, 3.05) is 7.11 Å². The average molecular weight is 464 g/mol. The first kappa shape index (κ1) is 24.2. The van der Waals surface area contributed by atoms with E-state index in [9.17, 15) is 9.59 Å². The standard InChI is InChI=1S/C23H22N4O4.CH2O2/c1-15-11-19(8-5-16-3-6-18(30-2)7-4-16)31-23(29)21(15)22(28)25-12-17-14-27-10-9-24-13-20(27)26-17;2-1-3/h3-4,6-7,9-11,13-14H,5,8,12H2,1-2H3,(H,25,28);1H,(H,2,3). The number of rotatable bonds is 7. The Hall–Kier alpha value is -4.47. The van der Waals surface area contributed by atoms with Gasteiger partial charge in [0, 0.05) is 25.0 Å². The monoisotopic (exact) mass is 464 g/mol. The second-order valence-corrected chi connectivity index (χ2v) is 7.27. The Morgan fingerprint density at radius 2 is 2.00 bits per heavy atom. The molecule has 34 heavy (non-hydrogen) atoms. The van der Waals surface area contributed by atoms with Crippen molar-refractivity contribution in [3.63, 3.8) is 0 Å². The molecule has 4 aromatic rings. The van der Waals surface area contributed by atoms with Crippen molar-refractivity contribution in [1.29, 1.82) is 0 Å². The molecule has 4 rings (SSSR count). The Kier molecular flexibility index (Phi) is 8.11. The van der Waals surface area contributed by atoms with Crippen molar-refractivity contribution >= 4 is 18.0 Å². The van der Waals surface area contributed by atoms with Gasteiger partial charge in [-0.3, -0.25) is 14.6 Å². The van der Waals surface area contributed by atoms with Crippen LogP contribution in [0.1, 0.15) is 32.9 Å². The maximum atomic E-state index is 12.6. The van der Waals surface area contributed by atoms with Gasteiger partial charge in [-0.25, -0.2) is 9.78 Å². The van der Waals surface area contributed by atoms with Gasteiger partial charge < -0.3 is 24.0 Å². The van der Waals surface area contributed by atoms with E-state index in [0.29, 0.717) is 35.5 Å². The summed E-state index contributed by atoms with van der Waals surface area (Å²) in [7, 11) is 1.62. The normalized spacial score (nSPS) is 10.3. The number of hydrogen-bond acceptors (Lipinski definition) is 7. The molecule has 0 bridgehead atoms. The number of ether oxygens (including phenoxy) is 1. The van der Waals surface area contributed by atoms with Crippen LogP contribution < -0.4 is 15.7 Å². The van der Waals surface area contributed by atoms with E-state index >= 15 is 0 Å². The Morgan fingerprint density at radius 1 is 1.26 bits per heavy atom. The number of amides is 1. The van der Waals surface area contributed by atoms with Gasteiger partial charge in [-0.05, 0) is 42.7 Å². The molecule has 0 aliphatic carbocycles. The number of carboxylic acid groups (broad SMARTS) is 1. The molecule has 0 radical (unpaired) electrons. The number of carbonyl (C=O) groups excluding carboxylic acids is 1. The summed E-state index contributed by atoms with van der Waals surface area (Å²) in [5.41, 5.74) is 2.41. The molecule has 3 aromatic heterocycles. The molecule has 0 spiro atoms. The molecule has 0 atom stereocenters. The van der Waals surface area contributed by atoms with E-state index in [1.54, 1.807) is 44.9 Å². The highest BCUT2D eigenvalue weighted by Crippen LogP contribution is 2.14. The first-order chi connectivity index (χ1) is 16.4. The SMILES string of the molecule is COc1ccc(CCc2cc(C)c(C(=O)NCc3cn4ccncc4n3)c(=O)o2)cc1.O=CO. The van der Waals surface area contributed by atoms with E-state index in [-0.39, 0.29) is 18.6 Å². The maximum absolute atomic E-state index is 12.6. The van der Waals surface area contributed by atoms with Crippen LogP contribution in [0.15, 0.2) is 64.3 Å². The van der Waals surface area contributed by atoms with E-state index in [0.717, 1.165) is 11.3 Å². The predicted molar refractivity (Wildman–Crippen MR) is 123 cm³/mol.